The van der Waals surface area contributed by atoms with Crippen molar-refractivity contribution in [2.75, 3.05) is 4.90 Å². The van der Waals surface area contributed by atoms with Gasteiger partial charge in [-0.25, -0.2) is 0 Å². The molecular weight excluding hydrogens is 647 g/mol. The first-order valence-corrected chi connectivity index (χ1v) is 18.0. The fraction of sp³-hybridized carbons (Fsp3) is 0. The van der Waals surface area contributed by atoms with E-state index in [-0.39, 0.29) is 0 Å². The molecule has 0 fully saturated rings. The van der Waals surface area contributed by atoms with Crippen LogP contribution in [0.25, 0.3) is 87.7 Å². The van der Waals surface area contributed by atoms with Crippen molar-refractivity contribution in [1.29, 1.82) is 0 Å². The quantitative estimate of drug-likeness (QED) is 0.170. The number of furan rings is 2. The number of anilines is 3. The molecule has 0 saturated carbocycles. The largest absolute Gasteiger partial charge is 0.456 e. The highest BCUT2D eigenvalue weighted by Gasteiger charge is 2.24. The minimum absolute atomic E-state index is 0.873. The Balaban J connectivity index is 1.17. The van der Waals surface area contributed by atoms with E-state index in [4.69, 9.17) is 8.83 Å². The summed E-state index contributed by atoms with van der Waals surface area (Å²) in [6.45, 7) is 0. The molecule has 0 aliphatic carbocycles. The number of benzene rings is 9. The highest BCUT2D eigenvalue weighted by atomic mass is 16.3. The molecule has 2 aromatic heterocycles. The van der Waals surface area contributed by atoms with Gasteiger partial charge in [0.05, 0.1) is 5.69 Å². The van der Waals surface area contributed by atoms with E-state index in [0.29, 0.717) is 0 Å². The molecule has 0 atom stereocenters. The van der Waals surface area contributed by atoms with E-state index in [0.717, 1.165) is 72.1 Å². The van der Waals surface area contributed by atoms with Crippen LogP contribution in [0.1, 0.15) is 0 Å². The zero-order valence-corrected chi connectivity index (χ0v) is 28.7. The van der Waals surface area contributed by atoms with Crippen LogP contribution in [0.5, 0.6) is 0 Å². The van der Waals surface area contributed by atoms with Crippen LogP contribution >= 0.6 is 0 Å². The first kappa shape index (κ1) is 29.6. The highest BCUT2D eigenvalue weighted by Crippen LogP contribution is 2.50. The highest BCUT2D eigenvalue weighted by molar-refractivity contribution is 6.22. The van der Waals surface area contributed by atoms with Crippen LogP contribution in [0.4, 0.5) is 17.1 Å². The average Bonchev–Trinajstić information content (AvgIpc) is 3.79. The topological polar surface area (TPSA) is 29.5 Å². The van der Waals surface area contributed by atoms with Gasteiger partial charge in [-0.05, 0) is 87.4 Å². The zero-order valence-electron chi connectivity index (χ0n) is 28.7. The molecule has 9 aromatic carbocycles. The van der Waals surface area contributed by atoms with Crippen LogP contribution in [-0.4, -0.2) is 0 Å². The second-order valence-corrected chi connectivity index (χ2v) is 13.7. The molecule has 0 radical (unpaired) electrons. The minimum Gasteiger partial charge on any atom is -0.456 e. The third-order valence-electron chi connectivity index (χ3n) is 10.6. The number of fused-ring (bicyclic) bond motifs is 9. The first-order chi connectivity index (χ1) is 26.3. The van der Waals surface area contributed by atoms with Gasteiger partial charge in [-0.1, -0.05) is 133 Å². The number of hydrogen-bond donors (Lipinski definition) is 0. The molecule has 3 heteroatoms. The molecule has 0 saturated heterocycles. The van der Waals surface area contributed by atoms with Crippen molar-refractivity contribution in [3.8, 4) is 22.3 Å². The Morgan fingerprint density at radius 2 is 0.792 bits per heavy atom. The van der Waals surface area contributed by atoms with Gasteiger partial charge in [0.2, 0.25) is 0 Å². The average molecular weight is 678 g/mol. The van der Waals surface area contributed by atoms with Crippen LogP contribution in [0.2, 0.25) is 0 Å². The molecule has 11 aromatic rings. The van der Waals surface area contributed by atoms with Gasteiger partial charge in [0.1, 0.15) is 22.3 Å². The summed E-state index contributed by atoms with van der Waals surface area (Å²) in [6, 6.07) is 67.0. The lowest BCUT2D eigenvalue weighted by Crippen LogP contribution is -2.12. The molecule has 2 heterocycles. The van der Waals surface area contributed by atoms with Gasteiger partial charge in [-0.2, -0.15) is 0 Å². The Morgan fingerprint density at radius 3 is 1.53 bits per heavy atom. The Labute approximate surface area is 305 Å². The van der Waals surface area contributed by atoms with Crippen LogP contribution < -0.4 is 4.90 Å². The summed E-state index contributed by atoms with van der Waals surface area (Å²) in [5, 5.41) is 9.30. The SMILES string of the molecule is c1ccc(-c2c(N(c3ccc(-c4ccc5c(c4)oc4ccccc45)cc3)c3ccc4oc5ccccc5c4c3)c3ccccc3c3ccccc23)cc1. The van der Waals surface area contributed by atoms with Crippen molar-refractivity contribution in [3.63, 3.8) is 0 Å². The predicted octanol–water partition coefficient (Wildman–Crippen LogP) is 14.6. The number of hydrogen-bond acceptors (Lipinski definition) is 3. The standard InChI is InChI=1S/C50H31NO2/c1-2-12-33(13-3-1)49-42-18-6-4-14-37(42)38-15-5-7-19-43(38)50(49)51(36-27-29-47-44(31-36)40-17-9-11-21-46(40)52-47)35-25-22-32(23-26-35)34-24-28-41-39-16-8-10-20-45(39)53-48(41)30-34/h1-31H. The van der Waals surface area contributed by atoms with Crippen molar-refractivity contribution >= 4 is 82.5 Å². The van der Waals surface area contributed by atoms with Crippen molar-refractivity contribution < 1.29 is 8.83 Å². The van der Waals surface area contributed by atoms with Gasteiger partial charge in [-0.15, -0.1) is 0 Å². The molecule has 53 heavy (non-hydrogen) atoms. The molecule has 0 amide bonds. The molecule has 0 bridgehead atoms. The Morgan fingerprint density at radius 1 is 0.283 bits per heavy atom. The summed E-state index contributed by atoms with van der Waals surface area (Å²) in [5.74, 6) is 0. The molecule has 0 spiro atoms. The Kier molecular flexibility index (Phi) is 6.55. The van der Waals surface area contributed by atoms with Gasteiger partial charge in [0.25, 0.3) is 0 Å². The van der Waals surface area contributed by atoms with Gasteiger partial charge in [-0.3, -0.25) is 0 Å². The van der Waals surface area contributed by atoms with Crippen molar-refractivity contribution in [2.24, 2.45) is 0 Å². The van der Waals surface area contributed by atoms with E-state index in [1.165, 1.54) is 32.7 Å². The molecular formula is C50H31NO2. The lowest BCUT2D eigenvalue weighted by atomic mass is 9.90. The summed E-state index contributed by atoms with van der Waals surface area (Å²) in [6.07, 6.45) is 0. The second kappa shape index (κ2) is 11.7. The number of nitrogens with zero attached hydrogens (tertiary/aromatic N) is 1. The smallest absolute Gasteiger partial charge is 0.136 e. The van der Waals surface area contributed by atoms with Crippen LogP contribution in [0.15, 0.2) is 197 Å². The maximum atomic E-state index is 6.31. The Hall–Kier alpha value is -7.10. The third kappa shape index (κ3) is 4.68. The third-order valence-corrected chi connectivity index (χ3v) is 10.6. The summed E-state index contributed by atoms with van der Waals surface area (Å²) in [5.41, 5.74) is 11.4. The van der Waals surface area contributed by atoms with Crippen LogP contribution in [-0.2, 0) is 0 Å². The van der Waals surface area contributed by atoms with Crippen LogP contribution in [0, 0.1) is 0 Å². The molecule has 0 aliphatic heterocycles. The van der Waals surface area contributed by atoms with Gasteiger partial charge in [0, 0.05) is 43.9 Å². The maximum Gasteiger partial charge on any atom is 0.136 e. The van der Waals surface area contributed by atoms with Crippen LogP contribution in [0.3, 0.4) is 0 Å². The fourth-order valence-electron chi connectivity index (χ4n) is 8.22. The minimum atomic E-state index is 0.873. The number of rotatable bonds is 5. The summed E-state index contributed by atoms with van der Waals surface area (Å²) in [4.78, 5) is 2.44. The van der Waals surface area contributed by atoms with Crippen molar-refractivity contribution in [3.05, 3.63) is 188 Å². The van der Waals surface area contributed by atoms with Gasteiger partial charge < -0.3 is 13.7 Å². The molecule has 248 valence electrons. The summed E-state index contributed by atoms with van der Waals surface area (Å²) < 4.78 is 12.6. The lowest BCUT2D eigenvalue weighted by Gasteiger charge is -2.30. The van der Waals surface area contributed by atoms with Gasteiger partial charge >= 0.3 is 0 Å². The second-order valence-electron chi connectivity index (χ2n) is 13.7. The predicted molar refractivity (Wildman–Crippen MR) is 222 cm³/mol. The molecule has 0 unspecified atom stereocenters. The van der Waals surface area contributed by atoms with E-state index in [1.54, 1.807) is 0 Å². The van der Waals surface area contributed by atoms with E-state index in [2.05, 4.69) is 169 Å². The molecule has 0 N–H and O–H groups in total. The molecule has 11 rings (SSSR count). The fourth-order valence-corrected chi connectivity index (χ4v) is 8.22. The monoisotopic (exact) mass is 677 g/mol. The maximum absolute atomic E-state index is 6.31. The lowest BCUT2D eigenvalue weighted by molar-refractivity contribution is 0.668. The first-order valence-electron chi connectivity index (χ1n) is 18.0. The Bertz CT molecular complexity index is 3170. The molecule has 0 aliphatic rings. The van der Waals surface area contributed by atoms with Gasteiger partial charge in [0.15, 0.2) is 0 Å². The normalized spacial score (nSPS) is 11.8. The van der Waals surface area contributed by atoms with Crippen molar-refractivity contribution in [2.45, 2.75) is 0 Å². The van der Waals surface area contributed by atoms with E-state index >= 15 is 0 Å². The zero-order chi connectivity index (χ0) is 34.9. The summed E-state index contributed by atoms with van der Waals surface area (Å²) >= 11 is 0. The summed E-state index contributed by atoms with van der Waals surface area (Å²) in [7, 11) is 0. The van der Waals surface area contributed by atoms with E-state index in [1.807, 2.05) is 24.3 Å². The molecule has 3 nitrogen and oxygen atoms in total. The number of para-hydroxylation sites is 2. The van der Waals surface area contributed by atoms with Crippen molar-refractivity contribution in [1.82, 2.24) is 0 Å². The van der Waals surface area contributed by atoms with E-state index in [9.17, 15) is 0 Å². The van der Waals surface area contributed by atoms with E-state index < -0.39 is 0 Å².